The van der Waals surface area contributed by atoms with E-state index in [1.807, 2.05) is 0 Å². The summed E-state index contributed by atoms with van der Waals surface area (Å²) in [7, 11) is 0.610. The fourth-order valence-electron chi connectivity index (χ4n) is 2.18. The third kappa shape index (κ3) is 4.49. The molecule has 0 amide bonds. The van der Waals surface area contributed by atoms with Gasteiger partial charge in [0.1, 0.15) is 4.90 Å². The zero-order valence-corrected chi connectivity index (χ0v) is 16.1. The number of sulfonamides is 1. The number of hydrogen-bond acceptors (Lipinski definition) is 5. The molecule has 9 heteroatoms. The molecule has 2 aromatic carbocycles. The molecule has 0 saturated heterocycles. The summed E-state index contributed by atoms with van der Waals surface area (Å²) in [6, 6.07) is 7.55. The van der Waals surface area contributed by atoms with Gasteiger partial charge in [-0.3, -0.25) is 0 Å². The first-order valence-electron chi connectivity index (χ1n) is 7.06. The van der Waals surface area contributed by atoms with E-state index in [-0.39, 0.29) is 21.5 Å². The molecule has 0 aliphatic rings. The Morgan fingerprint density at radius 2 is 1.56 bits per heavy atom. The van der Waals surface area contributed by atoms with Crippen molar-refractivity contribution < 1.29 is 22.6 Å². The van der Waals surface area contributed by atoms with Crippen LogP contribution in [0.2, 0.25) is 10.0 Å². The van der Waals surface area contributed by atoms with Crippen molar-refractivity contribution in [3.05, 3.63) is 45.9 Å². The van der Waals surface area contributed by atoms with Crippen molar-refractivity contribution in [3.8, 4) is 17.2 Å². The lowest BCUT2D eigenvalue weighted by Gasteiger charge is -2.15. The van der Waals surface area contributed by atoms with Crippen LogP contribution in [0.15, 0.2) is 35.2 Å². The molecule has 0 bridgehead atoms. The lowest BCUT2D eigenvalue weighted by Crippen LogP contribution is -2.23. The number of hydrogen-bond donors (Lipinski definition) is 1. The van der Waals surface area contributed by atoms with Crippen LogP contribution in [0.5, 0.6) is 17.2 Å². The Labute approximate surface area is 156 Å². The molecule has 0 fully saturated rings. The number of benzene rings is 2. The minimum Gasteiger partial charge on any atom is -0.493 e. The van der Waals surface area contributed by atoms with Crippen LogP contribution in [-0.2, 0) is 16.6 Å². The van der Waals surface area contributed by atoms with Gasteiger partial charge >= 0.3 is 0 Å². The second-order valence-corrected chi connectivity index (χ2v) is 7.51. The van der Waals surface area contributed by atoms with E-state index in [0.29, 0.717) is 22.8 Å². The Balaban J connectivity index is 2.30. The SMILES string of the molecule is COc1cc(CNS(=O)(=O)c2cc(Cl)ccc2Cl)cc(OC)c1OC. The van der Waals surface area contributed by atoms with Crippen LogP contribution in [0.25, 0.3) is 0 Å². The van der Waals surface area contributed by atoms with E-state index in [9.17, 15) is 8.42 Å². The topological polar surface area (TPSA) is 73.9 Å². The standard InChI is InChI=1S/C16H17Cl2NO5S/c1-22-13-6-10(7-14(23-2)16(13)24-3)9-19-25(20,21)15-8-11(17)4-5-12(15)18/h4-8,19H,9H2,1-3H3. The molecule has 25 heavy (non-hydrogen) atoms. The molecule has 6 nitrogen and oxygen atoms in total. The van der Waals surface area contributed by atoms with Crippen LogP contribution in [0, 0.1) is 0 Å². The minimum absolute atomic E-state index is 0.00187. The summed E-state index contributed by atoms with van der Waals surface area (Å²) < 4.78 is 43.2. The van der Waals surface area contributed by atoms with Crippen LogP contribution in [0.3, 0.4) is 0 Å². The van der Waals surface area contributed by atoms with Gasteiger partial charge in [-0.05, 0) is 35.9 Å². The highest BCUT2D eigenvalue weighted by Gasteiger charge is 2.19. The highest BCUT2D eigenvalue weighted by Crippen LogP contribution is 2.38. The summed E-state index contributed by atoms with van der Waals surface area (Å²) in [5.74, 6) is 1.28. The zero-order valence-electron chi connectivity index (χ0n) is 13.8. The first kappa shape index (κ1) is 19.7. The summed E-state index contributed by atoms with van der Waals surface area (Å²) in [5.41, 5.74) is 0.622. The number of rotatable bonds is 7. The molecule has 0 spiro atoms. The Morgan fingerprint density at radius 3 is 2.08 bits per heavy atom. The van der Waals surface area contributed by atoms with Gasteiger partial charge < -0.3 is 14.2 Å². The van der Waals surface area contributed by atoms with Crippen molar-refractivity contribution in [2.24, 2.45) is 0 Å². The van der Waals surface area contributed by atoms with E-state index < -0.39 is 10.0 Å². The Kier molecular flexibility index (Phi) is 6.40. The molecular weight excluding hydrogens is 389 g/mol. The van der Waals surface area contributed by atoms with Crippen molar-refractivity contribution in [1.29, 1.82) is 0 Å². The normalized spacial score (nSPS) is 11.2. The maximum absolute atomic E-state index is 12.5. The maximum atomic E-state index is 12.5. The second kappa shape index (κ2) is 8.14. The van der Waals surface area contributed by atoms with Crippen molar-refractivity contribution in [1.82, 2.24) is 4.72 Å². The Bertz CT molecular complexity index is 846. The van der Waals surface area contributed by atoms with E-state index in [4.69, 9.17) is 37.4 Å². The van der Waals surface area contributed by atoms with Gasteiger partial charge in [0, 0.05) is 11.6 Å². The molecule has 0 heterocycles. The van der Waals surface area contributed by atoms with Gasteiger partial charge in [-0.2, -0.15) is 0 Å². The van der Waals surface area contributed by atoms with Gasteiger partial charge in [0.2, 0.25) is 15.8 Å². The molecule has 2 aromatic rings. The van der Waals surface area contributed by atoms with Crippen LogP contribution in [-0.4, -0.2) is 29.7 Å². The molecule has 0 saturated carbocycles. The number of methoxy groups -OCH3 is 3. The molecule has 0 aromatic heterocycles. The fraction of sp³-hybridized carbons (Fsp3) is 0.250. The average Bonchev–Trinajstić information content (AvgIpc) is 2.60. The Morgan fingerprint density at radius 1 is 0.960 bits per heavy atom. The lowest BCUT2D eigenvalue weighted by atomic mass is 10.2. The van der Waals surface area contributed by atoms with Crippen molar-refractivity contribution in [2.75, 3.05) is 21.3 Å². The molecule has 0 radical (unpaired) electrons. The predicted molar refractivity (Wildman–Crippen MR) is 96.6 cm³/mol. The molecular formula is C16H17Cl2NO5S. The predicted octanol–water partition coefficient (Wildman–Crippen LogP) is 3.50. The summed E-state index contributed by atoms with van der Waals surface area (Å²) in [6.45, 7) is 0.00187. The van der Waals surface area contributed by atoms with Crippen LogP contribution in [0.1, 0.15) is 5.56 Å². The average molecular weight is 406 g/mol. The van der Waals surface area contributed by atoms with E-state index in [1.54, 1.807) is 12.1 Å². The second-order valence-electron chi connectivity index (χ2n) is 4.93. The molecule has 0 atom stereocenters. The first-order chi connectivity index (χ1) is 11.8. The fourth-order valence-corrected chi connectivity index (χ4v) is 3.95. The Hall–Kier alpha value is -1.67. The van der Waals surface area contributed by atoms with Crippen LogP contribution >= 0.6 is 23.2 Å². The largest absolute Gasteiger partial charge is 0.493 e. The number of halogens is 2. The van der Waals surface area contributed by atoms with E-state index in [2.05, 4.69) is 4.72 Å². The smallest absolute Gasteiger partial charge is 0.242 e. The zero-order chi connectivity index (χ0) is 18.6. The van der Waals surface area contributed by atoms with E-state index in [1.165, 1.54) is 39.5 Å². The number of ether oxygens (including phenoxy) is 3. The summed E-state index contributed by atoms with van der Waals surface area (Å²) in [5, 5.41) is 0.361. The van der Waals surface area contributed by atoms with Gasteiger partial charge in [0.05, 0.1) is 26.4 Å². The van der Waals surface area contributed by atoms with Gasteiger partial charge in [-0.25, -0.2) is 13.1 Å². The summed E-state index contributed by atoms with van der Waals surface area (Å²) in [4.78, 5) is -0.0888. The molecule has 0 unspecified atom stereocenters. The quantitative estimate of drug-likeness (QED) is 0.762. The molecule has 0 aliphatic carbocycles. The summed E-state index contributed by atoms with van der Waals surface area (Å²) in [6.07, 6.45) is 0. The third-order valence-electron chi connectivity index (χ3n) is 3.37. The third-order valence-corrected chi connectivity index (χ3v) is 5.49. The van der Waals surface area contributed by atoms with Crippen molar-refractivity contribution >= 4 is 33.2 Å². The molecule has 1 N–H and O–H groups in total. The highest BCUT2D eigenvalue weighted by molar-refractivity contribution is 7.89. The van der Waals surface area contributed by atoms with E-state index in [0.717, 1.165) is 0 Å². The highest BCUT2D eigenvalue weighted by atomic mass is 35.5. The summed E-state index contributed by atoms with van der Waals surface area (Å²) >= 11 is 11.8. The van der Waals surface area contributed by atoms with Crippen molar-refractivity contribution in [2.45, 2.75) is 11.4 Å². The van der Waals surface area contributed by atoms with Gasteiger partial charge in [-0.15, -0.1) is 0 Å². The monoisotopic (exact) mass is 405 g/mol. The van der Waals surface area contributed by atoms with Gasteiger partial charge in [0.15, 0.2) is 11.5 Å². The molecule has 2 rings (SSSR count). The van der Waals surface area contributed by atoms with Crippen LogP contribution in [0.4, 0.5) is 0 Å². The molecule has 0 aliphatic heterocycles. The number of nitrogens with one attached hydrogen (secondary N) is 1. The van der Waals surface area contributed by atoms with Crippen molar-refractivity contribution in [3.63, 3.8) is 0 Å². The van der Waals surface area contributed by atoms with E-state index >= 15 is 0 Å². The lowest BCUT2D eigenvalue weighted by molar-refractivity contribution is 0.323. The first-order valence-corrected chi connectivity index (χ1v) is 9.30. The van der Waals surface area contributed by atoms with Crippen LogP contribution < -0.4 is 18.9 Å². The van der Waals surface area contributed by atoms with Gasteiger partial charge in [-0.1, -0.05) is 23.2 Å². The van der Waals surface area contributed by atoms with Gasteiger partial charge in [0.25, 0.3) is 0 Å². The molecule has 136 valence electrons. The minimum atomic E-state index is -3.85. The maximum Gasteiger partial charge on any atom is 0.242 e.